The molecule has 0 spiro atoms. The van der Waals surface area contributed by atoms with Crippen molar-refractivity contribution in [1.29, 1.82) is 0 Å². The van der Waals surface area contributed by atoms with E-state index >= 15 is 0 Å². The number of carbonyl (C=O) groups is 1. The van der Waals surface area contributed by atoms with Crippen molar-refractivity contribution < 1.29 is 9.18 Å². The molecule has 0 atom stereocenters. The number of amides is 2. The van der Waals surface area contributed by atoms with Crippen molar-refractivity contribution in [3.05, 3.63) is 55.4 Å². The molecular weight excluding hydrogens is 233 g/mol. The first-order valence-electron chi connectivity index (χ1n) is 5.45. The van der Waals surface area contributed by atoms with E-state index in [1.54, 1.807) is 17.2 Å². The van der Waals surface area contributed by atoms with Gasteiger partial charge in [-0.1, -0.05) is 12.2 Å². The van der Waals surface area contributed by atoms with Gasteiger partial charge < -0.3 is 5.32 Å². The molecule has 1 aromatic carbocycles. The maximum absolute atomic E-state index is 12.7. The van der Waals surface area contributed by atoms with Gasteiger partial charge in [0.1, 0.15) is 5.82 Å². The van der Waals surface area contributed by atoms with Crippen LogP contribution in [-0.2, 0) is 0 Å². The second-order valence-corrected chi connectivity index (χ2v) is 3.56. The summed E-state index contributed by atoms with van der Waals surface area (Å²) < 4.78 is 12.7. The molecule has 0 aliphatic carbocycles. The maximum atomic E-state index is 12.7. The van der Waals surface area contributed by atoms with Gasteiger partial charge in [-0.15, -0.1) is 13.2 Å². The third kappa shape index (κ3) is 4.80. The number of carbonyl (C=O) groups excluding carboxylic acids is 1. The molecule has 0 saturated heterocycles. The van der Waals surface area contributed by atoms with Crippen molar-refractivity contribution in [2.75, 3.05) is 18.4 Å². The summed E-state index contributed by atoms with van der Waals surface area (Å²) in [6, 6.07) is 5.13. The molecule has 0 saturated carbocycles. The second kappa shape index (κ2) is 7.24. The Bertz CT molecular complexity index is 407. The highest BCUT2D eigenvalue weighted by atomic mass is 19.1. The summed E-state index contributed by atoms with van der Waals surface area (Å²) in [4.78, 5) is 11.6. The van der Waals surface area contributed by atoms with Crippen LogP contribution >= 0.6 is 0 Å². The highest BCUT2D eigenvalue weighted by Gasteiger charge is 2.06. The average molecular weight is 249 g/mol. The first kappa shape index (κ1) is 13.9. The SMILES string of the molecule is C=CCN(CC=C)NC(=O)Nc1ccc(F)cc1. The van der Waals surface area contributed by atoms with Crippen molar-refractivity contribution in [1.82, 2.24) is 10.4 Å². The predicted molar refractivity (Wildman–Crippen MR) is 70.5 cm³/mol. The van der Waals surface area contributed by atoms with E-state index in [2.05, 4.69) is 23.9 Å². The van der Waals surface area contributed by atoms with Crippen LogP contribution in [0.2, 0.25) is 0 Å². The number of hydrogen-bond donors (Lipinski definition) is 2. The molecule has 1 rings (SSSR count). The molecule has 0 bridgehead atoms. The van der Waals surface area contributed by atoms with E-state index in [9.17, 15) is 9.18 Å². The third-order valence-corrected chi connectivity index (χ3v) is 2.06. The molecule has 0 radical (unpaired) electrons. The normalized spacial score (nSPS) is 9.89. The van der Waals surface area contributed by atoms with Gasteiger partial charge >= 0.3 is 6.03 Å². The number of urea groups is 1. The van der Waals surface area contributed by atoms with Gasteiger partial charge in [-0.05, 0) is 24.3 Å². The number of nitrogens with one attached hydrogen (secondary N) is 2. The number of hydrazine groups is 1. The van der Waals surface area contributed by atoms with Crippen LogP contribution in [0.1, 0.15) is 0 Å². The highest BCUT2D eigenvalue weighted by molar-refractivity contribution is 5.88. The fraction of sp³-hybridized carbons (Fsp3) is 0.154. The molecule has 0 aliphatic heterocycles. The average Bonchev–Trinajstić information content (AvgIpc) is 2.33. The van der Waals surface area contributed by atoms with Crippen molar-refractivity contribution in [3.8, 4) is 0 Å². The minimum atomic E-state index is -0.398. The van der Waals surface area contributed by atoms with E-state index in [1.165, 1.54) is 24.3 Å². The van der Waals surface area contributed by atoms with Gasteiger partial charge in [0.25, 0.3) is 0 Å². The first-order chi connectivity index (χ1) is 8.65. The molecular formula is C13H16FN3O. The molecule has 96 valence electrons. The number of rotatable bonds is 6. The third-order valence-electron chi connectivity index (χ3n) is 2.06. The molecule has 4 nitrogen and oxygen atoms in total. The summed E-state index contributed by atoms with van der Waals surface area (Å²) in [6.07, 6.45) is 3.34. The Kier molecular flexibility index (Phi) is 5.60. The topological polar surface area (TPSA) is 44.4 Å². The van der Waals surface area contributed by atoms with Gasteiger partial charge in [-0.2, -0.15) is 0 Å². The van der Waals surface area contributed by atoms with Crippen molar-refractivity contribution >= 4 is 11.7 Å². The Morgan fingerprint density at radius 1 is 1.22 bits per heavy atom. The van der Waals surface area contributed by atoms with Gasteiger partial charge in [0.05, 0.1) is 0 Å². The Morgan fingerprint density at radius 2 is 1.78 bits per heavy atom. The lowest BCUT2D eigenvalue weighted by molar-refractivity contribution is 0.208. The summed E-state index contributed by atoms with van der Waals surface area (Å²) in [7, 11) is 0. The van der Waals surface area contributed by atoms with Crippen LogP contribution in [0.5, 0.6) is 0 Å². The number of anilines is 1. The van der Waals surface area contributed by atoms with Crippen LogP contribution in [0.3, 0.4) is 0 Å². The van der Waals surface area contributed by atoms with Crippen LogP contribution < -0.4 is 10.7 Å². The molecule has 0 aliphatic rings. The lowest BCUT2D eigenvalue weighted by atomic mass is 10.3. The fourth-order valence-electron chi connectivity index (χ4n) is 1.31. The minimum absolute atomic E-state index is 0.346. The molecule has 2 N–H and O–H groups in total. The number of benzene rings is 1. The summed E-state index contributed by atoms with van der Waals surface area (Å²) in [5.41, 5.74) is 3.15. The molecule has 0 heterocycles. The van der Waals surface area contributed by atoms with Crippen LogP contribution in [0.25, 0.3) is 0 Å². The first-order valence-corrected chi connectivity index (χ1v) is 5.45. The van der Waals surface area contributed by atoms with E-state index in [0.29, 0.717) is 18.8 Å². The van der Waals surface area contributed by atoms with Crippen LogP contribution in [0, 0.1) is 5.82 Å². The molecule has 18 heavy (non-hydrogen) atoms. The van der Waals surface area contributed by atoms with Crippen molar-refractivity contribution in [2.45, 2.75) is 0 Å². The number of nitrogens with zero attached hydrogens (tertiary/aromatic N) is 1. The molecule has 0 aromatic heterocycles. The monoisotopic (exact) mass is 249 g/mol. The van der Waals surface area contributed by atoms with Gasteiger partial charge in [-0.3, -0.25) is 5.43 Å². The predicted octanol–water partition coefficient (Wildman–Crippen LogP) is 2.54. The quantitative estimate of drug-likeness (QED) is 0.601. The Morgan fingerprint density at radius 3 is 2.28 bits per heavy atom. The number of hydrogen-bond acceptors (Lipinski definition) is 2. The standard InChI is InChI=1S/C13H16FN3O/c1-3-9-17(10-4-2)16-13(18)15-12-7-5-11(14)6-8-12/h3-8H,1-2,9-10H2,(H2,15,16,18). The van der Waals surface area contributed by atoms with E-state index in [0.717, 1.165) is 0 Å². The largest absolute Gasteiger partial charge is 0.333 e. The molecule has 5 heteroatoms. The van der Waals surface area contributed by atoms with E-state index in [1.807, 2.05) is 0 Å². The number of halogens is 1. The summed E-state index contributed by atoms with van der Waals surface area (Å²) >= 11 is 0. The Hall–Kier alpha value is -2.14. The molecule has 1 aromatic rings. The molecule has 0 unspecified atom stereocenters. The summed E-state index contributed by atoms with van der Waals surface area (Å²) in [5.74, 6) is -0.346. The second-order valence-electron chi connectivity index (χ2n) is 3.56. The zero-order valence-corrected chi connectivity index (χ0v) is 10.0. The molecule has 0 fully saturated rings. The Balaban J connectivity index is 2.51. The smallest absolute Gasteiger partial charge is 0.307 e. The minimum Gasteiger partial charge on any atom is -0.307 e. The summed E-state index contributed by atoms with van der Waals surface area (Å²) in [6.45, 7) is 8.19. The summed E-state index contributed by atoms with van der Waals surface area (Å²) in [5, 5.41) is 4.23. The Labute approximate surface area is 106 Å². The van der Waals surface area contributed by atoms with Crippen LogP contribution in [0.4, 0.5) is 14.9 Å². The van der Waals surface area contributed by atoms with E-state index in [-0.39, 0.29) is 5.82 Å². The van der Waals surface area contributed by atoms with Crippen molar-refractivity contribution in [2.24, 2.45) is 0 Å². The highest BCUT2D eigenvalue weighted by Crippen LogP contribution is 2.07. The van der Waals surface area contributed by atoms with Gasteiger partial charge in [-0.25, -0.2) is 14.2 Å². The van der Waals surface area contributed by atoms with Gasteiger partial charge in [0.15, 0.2) is 0 Å². The lowest BCUT2D eigenvalue weighted by Gasteiger charge is -2.20. The van der Waals surface area contributed by atoms with Crippen molar-refractivity contribution in [3.63, 3.8) is 0 Å². The van der Waals surface area contributed by atoms with E-state index < -0.39 is 6.03 Å². The molecule has 2 amide bonds. The van der Waals surface area contributed by atoms with Gasteiger partial charge in [0.2, 0.25) is 0 Å². The van der Waals surface area contributed by atoms with Crippen LogP contribution in [-0.4, -0.2) is 24.1 Å². The van der Waals surface area contributed by atoms with Crippen LogP contribution in [0.15, 0.2) is 49.6 Å². The lowest BCUT2D eigenvalue weighted by Crippen LogP contribution is -2.44. The van der Waals surface area contributed by atoms with E-state index in [4.69, 9.17) is 0 Å². The zero-order valence-electron chi connectivity index (χ0n) is 10.0. The maximum Gasteiger partial charge on any atom is 0.333 e. The zero-order chi connectivity index (χ0) is 13.4. The fourth-order valence-corrected chi connectivity index (χ4v) is 1.31. The van der Waals surface area contributed by atoms with Gasteiger partial charge in [0, 0.05) is 18.8 Å².